The highest BCUT2D eigenvalue weighted by Crippen LogP contribution is 2.37. The van der Waals surface area contributed by atoms with Crippen LogP contribution in [0.1, 0.15) is 16.4 Å². The van der Waals surface area contributed by atoms with Crippen molar-refractivity contribution in [1.29, 1.82) is 0 Å². The third-order valence-electron chi connectivity index (χ3n) is 4.50. The molecule has 0 aromatic heterocycles. The average molecular weight is 347 g/mol. The van der Waals surface area contributed by atoms with Crippen LogP contribution >= 0.6 is 0 Å². The smallest absolute Gasteiger partial charge is 0.106 e. The maximum Gasteiger partial charge on any atom is 0.106 e. The lowest BCUT2D eigenvalue weighted by Gasteiger charge is -2.24. The van der Waals surface area contributed by atoms with Crippen molar-refractivity contribution >= 4 is 31.7 Å². The standard InChI is InChI=1S/C21H16O3S/c22-25(23,24)21(19-13-5-9-15-7-1-3-11-17(15)19)20-14-6-10-16-8-2-4-12-18(16)20/h1-14,21H,(H,22,23,24)/p-1. The summed E-state index contributed by atoms with van der Waals surface area (Å²) in [6.45, 7) is 0. The van der Waals surface area contributed by atoms with Crippen LogP contribution in [0.3, 0.4) is 0 Å². The van der Waals surface area contributed by atoms with Crippen molar-refractivity contribution in [2.45, 2.75) is 5.25 Å². The second-order valence-electron chi connectivity index (χ2n) is 6.01. The lowest BCUT2D eigenvalue weighted by atomic mass is 9.94. The maximum absolute atomic E-state index is 12.3. The first kappa shape index (κ1) is 15.8. The topological polar surface area (TPSA) is 57.2 Å². The zero-order valence-electron chi connectivity index (χ0n) is 13.3. The van der Waals surface area contributed by atoms with Crippen molar-refractivity contribution in [2.24, 2.45) is 0 Å². The molecule has 0 saturated carbocycles. The Morgan fingerprint density at radius 1 is 0.600 bits per heavy atom. The molecule has 4 aromatic rings. The largest absolute Gasteiger partial charge is 0.747 e. The third-order valence-corrected chi connectivity index (χ3v) is 5.59. The van der Waals surface area contributed by atoms with Gasteiger partial charge in [-0.1, -0.05) is 84.9 Å². The summed E-state index contributed by atoms with van der Waals surface area (Å²) in [5.74, 6) is 0. The summed E-state index contributed by atoms with van der Waals surface area (Å²) in [4.78, 5) is 0. The van der Waals surface area contributed by atoms with Crippen LogP contribution in [0.5, 0.6) is 0 Å². The molecular formula is C21H15O3S-. The van der Waals surface area contributed by atoms with E-state index in [0.29, 0.717) is 11.1 Å². The normalized spacial score (nSPS) is 12.1. The lowest BCUT2D eigenvalue weighted by molar-refractivity contribution is 0.456. The Kier molecular flexibility index (Phi) is 3.79. The average Bonchev–Trinajstić information content (AvgIpc) is 2.61. The molecule has 4 aromatic carbocycles. The quantitative estimate of drug-likeness (QED) is 0.508. The van der Waals surface area contributed by atoms with Gasteiger partial charge in [-0.05, 0) is 32.7 Å². The number of fused-ring (bicyclic) bond motifs is 2. The van der Waals surface area contributed by atoms with Gasteiger partial charge in [0.15, 0.2) is 0 Å². The molecule has 0 amide bonds. The number of rotatable bonds is 3. The van der Waals surface area contributed by atoms with E-state index in [4.69, 9.17) is 0 Å². The molecule has 0 aliphatic carbocycles. The second kappa shape index (κ2) is 5.99. The summed E-state index contributed by atoms with van der Waals surface area (Å²) in [5, 5.41) is 2.14. The van der Waals surface area contributed by atoms with Gasteiger partial charge in [-0.2, -0.15) is 0 Å². The van der Waals surface area contributed by atoms with E-state index in [2.05, 4.69) is 0 Å². The van der Waals surface area contributed by atoms with E-state index in [-0.39, 0.29) is 0 Å². The number of benzene rings is 4. The molecule has 0 unspecified atom stereocenters. The van der Waals surface area contributed by atoms with Gasteiger partial charge in [0.1, 0.15) is 15.4 Å². The molecule has 124 valence electrons. The zero-order chi connectivity index (χ0) is 17.4. The number of hydrogen-bond donors (Lipinski definition) is 0. The molecule has 0 bridgehead atoms. The summed E-state index contributed by atoms with van der Waals surface area (Å²) in [6.07, 6.45) is 0. The molecule has 4 heteroatoms. The van der Waals surface area contributed by atoms with Crippen molar-refractivity contribution < 1.29 is 13.0 Å². The first-order chi connectivity index (χ1) is 12.1. The Hall–Kier alpha value is -2.69. The predicted octanol–water partition coefficient (Wildman–Crippen LogP) is 4.63. The molecule has 0 aliphatic rings. The van der Waals surface area contributed by atoms with Gasteiger partial charge in [-0.3, -0.25) is 0 Å². The van der Waals surface area contributed by atoms with Crippen LogP contribution in [0.2, 0.25) is 0 Å². The fourth-order valence-corrected chi connectivity index (χ4v) is 4.47. The van der Waals surface area contributed by atoms with Gasteiger partial charge in [0, 0.05) is 0 Å². The van der Waals surface area contributed by atoms with E-state index in [1.807, 2.05) is 60.7 Å². The lowest BCUT2D eigenvalue weighted by Crippen LogP contribution is -2.15. The summed E-state index contributed by atoms with van der Waals surface area (Å²) in [5.41, 5.74) is 1.04. The van der Waals surface area contributed by atoms with Gasteiger partial charge in [0.05, 0.1) is 0 Å². The van der Waals surface area contributed by atoms with E-state index < -0.39 is 15.4 Å². The van der Waals surface area contributed by atoms with Gasteiger partial charge in [0.2, 0.25) is 0 Å². The summed E-state index contributed by atoms with van der Waals surface area (Å²) in [7, 11) is -4.60. The van der Waals surface area contributed by atoms with E-state index in [1.165, 1.54) is 0 Å². The Bertz CT molecular complexity index is 1090. The van der Waals surface area contributed by atoms with Crippen LogP contribution in [-0.2, 0) is 10.1 Å². The highest BCUT2D eigenvalue weighted by molar-refractivity contribution is 7.86. The predicted molar refractivity (Wildman–Crippen MR) is 99.4 cm³/mol. The molecule has 0 atom stereocenters. The second-order valence-corrected chi connectivity index (χ2v) is 7.47. The van der Waals surface area contributed by atoms with Gasteiger partial charge in [-0.15, -0.1) is 0 Å². The number of hydrogen-bond acceptors (Lipinski definition) is 3. The molecule has 3 nitrogen and oxygen atoms in total. The van der Waals surface area contributed by atoms with Crippen LogP contribution in [0.4, 0.5) is 0 Å². The van der Waals surface area contributed by atoms with E-state index in [0.717, 1.165) is 21.5 Å². The fraction of sp³-hybridized carbons (Fsp3) is 0.0476. The first-order valence-corrected chi connectivity index (χ1v) is 9.43. The highest BCUT2D eigenvalue weighted by Gasteiger charge is 2.24. The maximum atomic E-state index is 12.3. The van der Waals surface area contributed by atoms with E-state index >= 15 is 0 Å². The summed E-state index contributed by atoms with van der Waals surface area (Å²) in [6, 6.07) is 25.9. The van der Waals surface area contributed by atoms with E-state index in [1.54, 1.807) is 24.3 Å². The van der Waals surface area contributed by atoms with Gasteiger partial charge in [-0.25, -0.2) is 8.42 Å². The molecule has 0 spiro atoms. The summed E-state index contributed by atoms with van der Waals surface area (Å²) < 4.78 is 36.8. The van der Waals surface area contributed by atoms with Gasteiger partial charge >= 0.3 is 0 Å². The van der Waals surface area contributed by atoms with E-state index in [9.17, 15) is 13.0 Å². The van der Waals surface area contributed by atoms with Crippen LogP contribution < -0.4 is 0 Å². The van der Waals surface area contributed by atoms with Crippen LogP contribution in [0, 0.1) is 0 Å². The molecule has 4 rings (SSSR count). The minimum absolute atomic E-state index is 0.518. The van der Waals surface area contributed by atoms with Gasteiger partial charge in [0.25, 0.3) is 0 Å². The third kappa shape index (κ3) is 2.80. The summed E-state index contributed by atoms with van der Waals surface area (Å²) >= 11 is 0. The van der Waals surface area contributed by atoms with Crippen LogP contribution in [0.15, 0.2) is 84.9 Å². The molecule has 0 heterocycles. The molecule has 25 heavy (non-hydrogen) atoms. The highest BCUT2D eigenvalue weighted by atomic mass is 32.2. The molecule has 0 aliphatic heterocycles. The van der Waals surface area contributed by atoms with Crippen molar-refractivity contribution in [3.05, 3.63) is 96.1 Å². The fourth-order valence-electron chi connectivity index (χ4n) is 3.44. The SMILES string of the molecule is O=S(=O)([O-])C(c1cccc2ccccc12)c1cccc2ccccc12. The minimum atomic E-state index is -4.60. The Morgan fingerprint density at radius 3 is 1.44 bits per heavy atom. The van der Waals surface area contributed by atoms with Crippen molar-refractivity contribution in [2.75, 3.05) is 0 Å². The monoisotopic (exact) mass is 347 g/mol. The van der Waals surface area contributed by atoms with Crippen LogP contribution in [0.25, 0.3) is 21.5 Å². The zero-order valence-corrected chi connectivity index (χ0v) is 14.1. The molecular weight excluding hydrogens is 332 g/mol. The van der Waals surface area contributed by atoms with Crippen LogP contribution in [-0.4, -0.2) is 13.0 Å². The molecule has 0 radical (unpaired) electrons. The molecule has 0 saturated heterocycles. The minimum Gasteiger partial charge on any atom is -0.747 e. The Labute approximate surface area is 146 Å². The van der Waals surface area contributed by atoms with Crippen molar-refractivity contribution in [3.63, 3.8) is 0 Å². The Balaban J connectivity index is 2.08. The molecule has 0 N–H and O–H groups in total. The van der Waals surface area contributed by atoms with Crippen molar-refractivity contribution in [3.8, 4) is 0 Å². The van der Waals surface area contributed by atoms with Gasteiger partial charge < -0.3 is 4.55 Å². The Morgan fingerprint density at radius 2 is 1.00 bits per heavy atom. The first-order valence-electron chi connectivity index (χ1n) is 7.96. The van der Waals surface area contributed by atoms with Crippen molar-refractivity contribution in [1.82, 2.24) is 0 Å². The molecule has 0 fully saturated rings.